The number of benzene rings is 1. The van der Waals surface area contributed by atoms with Gasteiger partial charge >= 0.3 is 0 Å². The summed E-state index contributed by atoms with van der Waals surface area (Å²) in [7, 11) is 0. The topological polar surface area (TPSA) is 17.1 Å². The smallest absolute Gasteiger partial charge is 0.138 e. The van der Waals surface area contributed by atoms with E-state index in [9.17, 15) is 4.79 Å². The van der Waals surface area contributed by atoms with Crippen LogP contribution in [0.15, 0.2) is 29.8 Å². The second-order valence-electron chi connectivity index (χ2n) is 6.97. The Morgan fingerprint density at radius 3 is 2.90 bits per heavy atom. The van der Waals surface area contributed by atoms with Crippen molar-refractivity contribution in [3.05, 3.63) is 46.5 Å². The van der Waals surface area contributed by atoms with Gasteiger partial charge in [-0.3, -0.25) is 4.79 Å². The quantitative estimate of drug-likeness (QED) is 0.735. The van der Waals surface area contributed by atoms with Gasteiger partial charge in [0, 0.05) is 18.3 Å². The molecule has 104 valence electrons. The molecule has 1 aromatic rings. The predicted octanol–water partition coefficient (Wildman–Crippen LogP) is 4.13. The first kappa shape index (κ1) is 12.4. The zero-order valence-electron chi connectivity index (χ0n) is 12.2. The van der Waals surface area contributed by atoms with Crippen LogP contribution in [0.2, 0.25) is 0 Å². The summed E-state index contributed by atoms with van der Waals surface area (Å²) in [5.74, 6) is 1.14. The van der Waals surface area contributed by atoms with Crippen LogP contribution in [0, 0.1) is 5.92 Å². The number of hydrogen-bond acceptors (Lipinski definition) is 1. The fourth-order valence-electron chi connectivity index (χ4n) is 4.84. The lowest BCUT2D eigenvalue weighted by molar-refractivity contribution is -0.120. The van der Waals surface area contributed by atoms with Crippen LogP contribution in [0.4, 0.5) is 0 Å². The van der Waals surface area contributed by atoms with E-state index < -0.39 is 0 Å². The zero-order chi connectivity index (χ0) is 13.7. The van der Waals surface area contributed by atoms with E-state index in [0.29, 0.717) is 18.1 Å². The Bertz CT molecular complexity index is 610. The molecule has 1 fully saturated rings. The summed E-state index contributed by atoms with van der Waals surface area (Å²) in [4.78, 5) is 12.3. The van der Waals surface area contributed by atoms with Gasteiger partial charge in [0.05, 0.1) is 0 Å². The maximum absolute atomic E-state index is 12.3. The van der Waals surface area contributed by atoms with Crippen LogP contribution < -0.4 is 0 Å². The van der Waals surface area contributed by atoms with E-state index in [2.05, 4.69) is 31.2 Å². The lowest BCUT2D eigenvalue weighted by Gasteiger charge is -2.41. The monoisotopic (exact) mass is 266 g/mol. The van der Waals surface area contributed by atoms with Crippen molar-refractivity contribution in [3.8, 4) is 0 Å². The minimum Gasteiger partial charge on any atom is -0.299 e. The third kappa shape index (κ3) is 1.65. The SMILES string of the molecule is CCCc1ccc2c(c1)C1(CC(=O)C2)CC2=CCC1C2. The molecule has 1 heteroatoms. The first-order valence-corrected chi connectivity index (χ1v) is 8.03. The molecule has 0 amide bonds. The molecule has 3 aliphatic rings. The molecule has 0 N–H and O–H groups in total. The van der Waals surface area contributed by atoms with Gasteiger partial charge in [0.25, 0.3) is 0 Å². The third-order valence-corrected chi connectivity index (χ3v) is 5.67. The van der Waals surface area contributed by atoms with Crippen molar-refractivity contribution >= 4 is 5.78 Å². The average molecular weight is 266 g/mol. The largest absolute Gasteiger partial charge is 0.299 e. The van der Waals surface area contributed by atoms with Crippen molar-refractivity contribution < 1.29 is 4.79 Å². The van der Waals surface area contributed by atoms with Gasteiger partial charge in [0.2, 0.25) is 0 Å². The van der Waals surface area contributed by atoms with Gasteiger partial charge in [-0.15, -0.1) is 0 Å². The standard InChI is InChI=1S/C19H22O/c1-2-3-13-4-6-15-10-17(20)12-19(18(15)9-13)11-14-5-7-16(19)8-14/h4-6,9,16H,2-3,7-8,10-12H2,1H3. The summed E-state index contributed by atoms with van der Waals surface area (Å²) in [6.45, 7) is 2.24. The number of ketones is 1. The van der Waals surface area contributed by atoms with Crippen LogP contribution in [0.3, 0.4) is 0 Å². The van der Waals surface area contributed by atoms with Crippen LogP contribution in [0.25, 0.3) is 0 Å². The number of carbonyl (C=O) groups is 1. The average Bonchev–Trinajstić information content (AvgIpc) is 3.01. The fraction of sp³-hybridized carbons (Fsp3) is 0.526. The number of Topliss-reactive ketones (excluding diaryl/α,β-unsaturated/α-hetero) is 1. The van der Waals surface area contributed by atoms with E-state index in [-0.39, 0.29) is 5.41 Å². The lowest BCUT2D eigenvalue weighted by atomic mass is 9.62. The highest BCUT2D eigenvalue weighted by Crippen LogP contribution is 2.58. The van der Waals surface area contributed by atoms with Crippen LogP contribution in [-0.4, -0.2) is 5.78 Å². The van der Waals surface area contributed by atoms with Gasteiger partial charge in [0.1, 0.15) is 5.78 Å². The molecule has 2 unspecified atom stereocenters. The summed E-state index contributed by atoms with van der Waals surface area (Å²) in [6, 6.07) is 6.91. The Morgan fingerprint density at radius 2 is 2.20 bits per heavy atom. The summed E-state index contributed by atoms with van der Waals surface area (Å²) >= 11 is 0. The molecular weight excluding hydrogens is 244 g/mol. The first-order chi connectivity index (χ1) is 9.71. The molecule has 0 radical (unpaired) electrons. The summed E-state index contributed by atoms with van der Waals surface area (Å²) < 4.78 is 0. The van der Waals surface area contributed by atoms with E-state index in [1.165, 1.54) is 36.0 Å². The van der Waals surface area contributed by atoms with Gasteiger partial charge in [-0.2, -0.15) is 0 Å². The Kier molecular flexibility index (Phi) is 2.67. The molecule has 2 bridgehead atoms. The molecule has 0 aliphatic heterocycles. The summed E-state index contributed by atoms with van der Waals surface area (Å²) in [6.07, 6.45) is 9.80. The highest BCUT2D eigenvalue weighted by atomic mass is 16.1. The second-order valence-corrected chi connectivity index (χ2v) is 6.97. The zero-order valence-corrected chi connectivity index (χ0v) is 12.2. The molecule has 1 saturated carbocycles. The maximum Gasteiger partial charge on any atom is 0.138 e. The van der Waals surface area contributed by atoms with Crippen LogP contribution in [0.1, 0.15) is 55.7 Å². The molecule has 1 spiro atoms. The van der Waals surface area contributed by atoms with Gasteiger partial charge in [-0.25, -0.2) is 0 Å². The molecule has 1 nitrogen and oxygen atoms in total. The minimum atomic E-state index is 0.165. The van der Waals surface area contributed by atoms with E-state index in [0.717, 1.165) is 19.3 Å². The van der Waals surface area contributed by atoms with E-state index >= 15 is 0 Å². The summed E-state index contributed by atoms with van der Waals surface area (Å²) in [5, 5.41) is 0. The summed E-state index contributed by atoms with van der Waals surface area (Å²) in [5.41, 5.74) is 6.07. The van der Waals surface area contributed by atoms with Gasteiger partial charge < -0.3 is 0 Å². The van der Waals surface area contributed by atoms with Gasteiger partial charge in [-0.05, 0) is 48.3 Å². The van der Waals surface area contributed by atoms with E-state index in [4.69, 9.17) is 0 Å². The van der Waals surface area contributed by atoms with Crippen molar-refractivity contribution in [1.29, 1.82) is 0 Å². The molecule has 0 saturated heterocycles. The third-order valence-electron chi connectivity index (χ3n) is 5.67. The Balaban J connectivity index is 1.84. The predicted molar refractivity (Wildman–Crippen MR) is 80.9 cm³/mol. The molecule has 20 heavy (non-hydrogen) atoms. The number of allylic oxidation sites excluding steroid dienone is 2. The number of hydrogen-bond donors (Lipinski definition) is 0. The number of aryl methyl sites for hydroxylation is 1. The van der Waals surface area contributed by atoms with Crippen molar-refractivity contribution in [2.24, 2.45) is 5.92 Å². The van der Waals surface area contributed by atoms with Crippen molar-refractivity contribution in [2.45, 2.75) is 57.3 Å². The maximum atomic E-state index is 12.3. The molecule has 1 aromatic carbocycles. The number of fused-ring (bicyclic) bond motifs is 5. The first-order valence-electron chi connectivity index (χ1n) is 8.03. The Labute approximate surface area is 121 Å². The highest BCUT2D eigenvalue weighted by molar-refractivity contribution is 5.85. The second kappa shape index (κ2) is 4.31. The Hall–Kier alpha value is -1.37. The normalized spacial score (nSPS) is 30.8. The number of rotatable bonds is 2. The van der Waals surface area contributed by atoms with Crippen LogP contribution >= 0.6 is 0 Å². The minimum absolute atomic E-state index is 0.165. The molecular formula is C19H22O. The highest BCUT2D eigenvalue weighted by Gasteiger charge is 2.51. The van der Waals surface area contributed by atoms with Crippen LogP contribution in [-0.2, 0) is 23.1 Å². The fourth-order valence-corrected chi connectivity index (χ4v) is 4.84. The van der Waals surface area contributed by atoms with E-state index in [1.54, 1.807) is 5.57 Å². The van der Waals surface area contributed by atoms with Crippen LogP contribution in [0.5, 0.6) is 0 Å². The van der Waals surface area contributed by atoms with Crippen molar-refractivity contribution in [1.82, 2.24) is 0 Å². The van der Waals surface area contributed by atoms with Crippen molar-refractivity contribution in [3.63, 3.8) is 0 Å². The molecule has 4 rings (SSSR count). The van der Waals surface area contributed by atoms with Gasteiger partial charge in [-0.1, -0.05) is 43.2 Å². The molecule has 0 aromatic heterocycles. The van der Waals surface area contributed by atoms with E-state index in [1.807, 2.05) is 0 Å². The Morgan fingerprint density at radius 1 is 1.30 bits per heavy atom. The van der Waals surface area contributed by atoms with Gasteiger partial charge in [0.15, 0.2) is 0 Å². The van der Waals surface area contributed by atoms with Crippen molar-refractivity contribution in [2.75, 3.05) is 0 Å². The molecule has 0 heterocycles. The lowest BCUT2D eigenvalue weighted by Crippen LogP contribution is -2.39. The number of carbonyl (C=O) groups excluding carboxylic acids is 1. The molecule has 3 aliphatic carbocycles. The molecule has 2 atom stereocenters.